The summed E-state index contributed by atoms with van der Waals surface area (Å²) in [7, 11) is -9.00. The van der Waals surface area contributed by atoms with Gasteiger partial charge >= 0.3 is 7.60 Å². The van der Waals surface area contributed by atoms with Crippen molar-refractivity contribution in [2.75, 3.05) is 0 Å². The summed E-state index contributed by atoms with van der Waals surface area (Å²) in [4.78, 5) is 38.5. The van der Waals surface area contributed by atoms with Crippen LogP contribution in [0.5, 0.6) is 0 Å². The summed E-state index contributed by atoms with van der Waals surface area (Å²) < 4.78 is 16.4. The smallest absolute Gasteiger partial charge is 0.332 e. The maximum Gasteiger partial charge on any atom is 0.332 e. The molecule has 0 amide bonds. The van der Waals surface area contributed by atoms with Crippen molar-refractivity contribution in [2.24, 2.45) is 0 Å². The van der Waals surface area contributed by atoms with E-state index in [2.05, 4.69) is 0 Å². The van der Waals surface area contributed by atoms with Crippen LogP contribution in [0.4, 0.5) is 0 Å². The minimum Gasteiger partial charge on any atom is -0.438 e. The highest BCUT2D eigenvalue weighted by Crippen LogP contribution is 2.56. The Morgan fingerprint density at radius 1 is 1.14 bits per heavy atom. The highest BCUT2D eigenvalue weighted by atomic mass is 31.2. The van der Waals surface area contributed by atoms with Crippen LogP contribution in [0.1, 0.15) is 18.4 Å². The Kier molecular flexibility index (Phi) is 8.24. The third kappa shape index (κ3) is 5.24. The number of benzene rings is 1. The number of hydrogen-bond donors (Lipinski definition) is 4. The van der Waals surface area contributed by atoms with Gasteiger partial charge in [0.25, 0.3) is 0 Å². The van der Waals surface area contributed by atoms with Gasteiger partial charge in [0.1, 0.15) is 0 Å². The molecule has 0 aliphatic carbocycles. The summed E-state index contributed by atoms with van der Waals surface area (Å²) in [6.07, 6.45) is 0.803. The van der Waals surface area contributed by atoms with Gasteiger partial charge in [-0.25, -0.2) is 0 Å². The van der Waals surface area contributed by atoms with E-state index in [-0.39, 0.29) is 13.0 Å². The van der Waals surface area contributed by atoms with Crippen molar-refractivity contribution in [3.05, 3.63) is 35.9 Å². The molecule has 0 bridgehead atoms. The van der Waals surface area contributed by atoms with Gasteiger partial charge < -0.3 is 23.8 Å². The second-order valence-corrected chi connectivity index (χ2v) is 13.9. The van der Waals surface area contributed by atoms with Gasteiger partial charge in [0.15, 0.2) is 29.3 Å². The van der Waals surface area contributed by atoms with Crippen LogP contribution in [-0.4, -0.2) is 53.0 Å². The van der Waals surface area contributed by atoms with Crippen molar-refractivity contribution in [1.82, 2.24) is 0 Å². The SMILES string of the molecule is O=P(O)(OCc1ccccc1)C(CCC[SiH2]O)([SiH2]O)[SiH2]O. The molecule has 1 rings (SSSR count). The molecule has 0 aromatic heterocycles. The molecule has 0 aliphatic heterocycles. The van der Waals surface area contributed by atoms with Crippen LogP contribution in [0.2, 0.25) is 6.04 Å². The van der Waals surface area contributed by atoms with Crippen LogP contribution >= 0.6 is 7.60 Å². The van der Waals surface area contributed by atoms with Gasteiger partial charge in [0.05, 0.1) is 11.0 Å². The predicted octanol–water partition coefficient (Wildman–Crippen LogP) is -1.53. The first-order chi connectivity index (χ1) is 10.0. The Morgan fingerprint density at radius 3 is 2.29 bits per heavy atom. The van der Waals surface area contributed by atoms with Crippen molar-refractivity contribution in [3.8, 4) is 0 Å². The van der Waals surface area contributed by atoms with Crippen LogP contribution in [0.25, 0.3) is 0 Å². The Bertz CT molecular complexity index is 457. The molecule has 1 unspecified atom stereocenters. The van der Waals surface area contributed by atoms with Crippen molar-refractivity contribution in [3.63, 3.8) is 0 Å². The van der Waals surface area contributed by atoms with Gasteiger partial charge in [-0.05, 0) is 18.0 Å². The third-order valence-electron chi connectivity index (χ3n) is 3.49. The van der Waals surface area contributed by atoms with Crippen molar-refractivity contribution >= 4 is 36.9 Å². The minimum atomic E-state index is -4.08. The molecule has 1 aromatic carbocycles. The van der Waals surface area contributed by atoms with E-state index in [4.69, 9.17) is 9.32 Å². The summed E-state index contributed by atoms with van der Waals surface area (Å²) in [6, 6.07) is 9.64. The van der Waals surface area contributed by atoms with E-state index in [0.717, 1.165) is 5.56 Å². The average molecular weight is 367 g/mol. The molecular formula is C11H23O6PSi3. The molecule has 0 saturated carbocycles. The lowest BCUT2D eigenvalue weighted by Gasteiger charge is -2.32. The molecule has 4 N–H and O–H groups in total. The van der Waals surface area contributed by atoms with E-state index in [0.29, 0.717) is 12.5 Å². The Labute approximate surface area is 131 Å². The normalized spacial score (nSPS) is 18.9. The molecule has 6 nitrogen and oxygen atoms in total. The fourth-order valence-electron chi connectivity index (χ4n) is 1.97. The van der Waals surface area contributed by atoms with Crippen LogP contribution < -0.4 is 0 Å². The first-order valence-corrected chi connectivity index (χ1v) is 12.7. The lowest BCUT2D eigenvalue weighted by Crippen LogP contribution is -2.43. The molecule has 0 radical (unpaired) electrons. The number of rotatable bonds is 10. The van der Waals surface area contributed by atoms with E-state index >= 15 is 0 Å². The van der Waals surface area contributed by atoms with Gasteiger partial charge in [0, 0.05) is 0 Å². The monoisotopic (exact) mass is 366 g/mol. The van der Waals surface area contributed by atoms with E-state index in [1.54, 1.807) is 12.1 Å². The lowest BCUT2D eigenvalue weighted by atomic mass is 10.2. The summed E-state index contributed by atoms with van der Waals surface area (Å²) in [5.41, 5.74) is 0.766. The summed E-state index contributed by atoms with van der Waals surface area (Å²) >= 11 is 0. The first kappa shape index (κ1) is 18.9. The highest BCUT2D eigenvalue weighted by molar-refractivity contribution is 7.59. The van der Waals surface area contributed by atoms with E-state index in [1.165, 1.54) is 0 Å². The molecular weight excluding hydrogens is 343 g/mol. The van der Waals surface area contributed by atoms with Gasteiger partial charge in [-0.15, -0.1) is 0 Å². The Morgan fingerprint density at radius 2 is 1.76 bits per heavy atom. The summed E-state index contributed by atoms with van der Waals surface area (Å²) in [5.74, 6) is 0. The molecule has 0 saturated heterocycles. The summed E-state index contributed by atoms with van der Waals surface area (Å²) in [6.45, 7) is -0.0199. The third-order valence-corrected chi connectivity index (χ3v) is 12.7. The van der Waals surface area contributed by atoms with E-state index in [9.17, 15) is 19.0 Å². The minimum absolute atomic E-state index is 0.0199. The van der Waals surface area contributed by atoms with Crippen LogP contribution in [-0.2, 0) is 15.7 Å². The zero-order chi connectivity index (χ0) is 15.8. The van der Waals surface area contributed by atoms with Gasteiger partial charge in [-0.2, -0.15) is 0 Å². The second-order valence-electron chi connectivity index (χ2n) is 5.00. The number of hydrogen-bond acceptors (Lipinski definition) is 5. The second kappa shape index (κ2) is 9.13. The van der Waals surface area contributed by atoms with Gasteiger partial charge in [-0.3, -0.25) is 4.57 Å². The van der Waals surface area contributed by atoms with Crippen molar-refractivity contribution < 1.29 is 28.4 Å². The lowest BCUT2D eigenvalue weighted by molar-refractivity contribution is 0.240. The zero-order valence-electron chi connectivity index (χ0n) is 11.9. The topological polar surface area (TPSA) is 107 Å². The molecule has 0 spiro atoms. The Balaban J connectivity index is 2.76. The van der Waals surface area contributed by atoms with Crippen molar-refractivity contribution in [2.45, 2.75) is 29.9 Å². The maximum absolute atomic E-state index is 12.5. The Hall–Kier alpha value is -0.0994. The van der Waals surface area contributed by atoms with Crippen LogP contribution in [0, 0.1) is 0 Å². The molecule has 120 valence electrons. The molecule has 1 aromatic rings. The summed E-state index contributed by atoms with van der Waals surface area (Å²) in [5, 5.41) is 0. The van der Waals surface area contributed by atoms with Gasteiger partial charge in [0.2, 0.25) is 0 Å². The molecule has 1 atom stereocenters. The van der Waals surface area contributed by atoms with Crippen LogP contribution in [0.3, 0.4) is 0 Å². The predicted molar refractivity (Wildman–Crippen MR) is 90.1 cm³/mol. The molecule has 0 heterocycles. The largest absolute Gasteiger partial charge is 0.438 e. The fourth-order valence-corrected chi connectivity index (χ4v) is 6.67. The standard InChI is InChI=1S/C11H23O6PSi3/c12-18(13,17-9-10-5-2-1-3-6-10)11(20-15,21-16)7-4-8-19-14/h1-3,5-6,14-16H,4,7-9,19-21H2,(H,12,13). The quantitative estimate of drug-likeness (QED) is 0.227. The highest BCUT2D eigenvalue weighted by Gasteiger charge is 2.48. The molecule has 21 heavy (non-hydrogen) atoms. The average Bonchev–Trinajstić information content (AvgIpc) is 2.51. The van der Waals surface area contributed by atoms with Crippen LogP contribution in [0.15, 0.2) is 30.3 Å². The van der Waals surface area contributed by atoms with Gasteiger partial charge in [-0.1, -0.05) is 36.8 Å². The molecule has 10 heteroatoms. The zero-order valence-corrected chi connectivity index (χ0v) is 17.0. The molecule has 0 fully saturated rings. The fraction of sp³-hybridized carbons (Fsp3) is 0.455. The maximum atomic E-state index is 12.5. The molecule has 0 aliphatic rings. The first-order valence-electron chi connectivity index (χ1n) is 6.85. The van der Waals surface area contributed by atoms with E-state index < -0.39 is 41.3 Å². The van der Waals surface area contributed by atoms with Crippen molar-refractivity contribution in [1.29, 1.82) is 0 Å². The van der Waals surface area contributed by atoms with E-state index in [1.807, 2.05) is 18.2 Å².